The Labute approximate surface area is 104 Å². The highest BCUT2D eigenvalue weighted by Crippen LogP contribution is 2.20. The van der Waals surface area contributed by atoms with E-state index in [4.69, 9.17) is 5.73 Å². The summed E-state index contributed by atoms with van der Waals surface area (Å²) >= 11 is 0. The van der Waals surface area contributed by atoms with Crippen molar-refractivity contribution in [3.05, 3.63) is 48.8 Å². The van der Waals surface area contributed by atoms with Gasteiger partial charge in [-0.2, -0.15) is 5.10 Å². The molecule has 18 heavy (non-hydrogen) atoms. The van der Waals surface area contributed by atoms with Crippen LogP contribution in [0.4, 0.5) is 5.82 Å². The number of nitrogen functional groups attached to an aromatic ring is 1. The summed E-state index contributed by atoms with van der Waals surface area (Å²) < 4.78 is 2.04. The number of nitrogens with one attached hydrogen (secondary N) is 1. The first-order chi connectivity index (χ1) is 8.83. The van der Waals surface area contributed by atoms with Crippen LogP contribution < -0.4 is 5.73 Å². The van der Waals surface area contributed by atoms with Gasteiger partial charge >= 0.3 is 0 Å². The molecule has 0 spiro atoms. The first-order valence-electron chi connectivity index (χ1n) is 5.52. The lowest BCUT2D eigenvalue weighted by molar-refractivity contribution is 0.805. The van der Waals surface area contributed by atoms with Crippen molar-refractivity contribution in [2.24, 2.45) is 0 Å². The molecule has 0 aliphatic carbocycles. The number of imidazole rings is 1. The lowest BCUT2D eigenvalue weighted by Gasteiger charge is -2.07. The van der Waals surface area contributed by atoms with Gasteiger partial charge in [-0.3, -0.25) is 5.10 Å². The van der Waals surface area contributed by atoms with Crippen molar-refractivity contribution in [2.45, 2.75) is 6.54 Å². The quantitative estimate of drug-likeness (QED) is 0.722. The lowest BCUT2D eigenvalue weighted by atomic mass is 10.2. The molecule has 6 heteroatoms. The molecule has 0 unspecified atom stereocenters. The predicted molar refractivity (Wildman–Crippen MR) is 67.6 cm³/mol. The zero-order valence-corrected chi connectivity index (χ0v) is 9.61. The Hall–Kier alpha value is -2.63. The van der Waals surface area contributed by atoms with Crippen LogP contribution in [-0.4, -0.2) is 24.7 Å². The van der Waals surface area contributed by atoms with Crippen molar-refractivity contribution in [2.75, 3.05) is 5.73 Å². The molecule has 0 saturated carbocycles. The topological polar surface area (TPSA) is 85.4 Å². The first-order valence-corrected chi connectivity index (χ1v) is 5.52. The summed E-state index contributed by atoms with van der Waals surface area (Å²) in [5.41, 5.74) is 8.80. The Bertz CT molecular complexity index is 640. The van der Waals surface area contributed by atoms with E-state index in [-0.39, 0.29) is 0 Å². The van der Waals surface area contributed by atoms with Gasteiger partial charge in [-0.25, -0.2) is 9.97 Å². The smallest absolute Gasteiger partial charge is 0.123 e. The summed E-state index contributed by atoms with van der Waals surface area (Å²) in [6.07, 6.45) is 8.96. The van der Waals surface area contributed by atoms with Crippen LogP contribution in [0.1, 0.15) is 5.56 Å². The third-order valence-electron chi connectivity index (χ3n) is 2.70. The summed E-state index contributed by atoms with van der Waals surface area (Å²) in [6.45, 7) is 0.716. The third-order valence-corrected chi connectivity index (χ3v) is 2.70. The maximum Gasteiger partial charge on any atom is 0.123 e. The molecule has 0 amide bonds. The summed E-state index contributed by atoms with van der Waals surface area (Å²) in [7, 11) is 0. The number of H-pyrrole nitrogens is 1. The zero-order chi connectivity index (χ0) is 12.4. The maximum atomic E-state index is 5.70. The fourth-order valence-corrected chi connectivity index (χ4v) is 1.86. The highest BCUT2D eigenvalue weighted by atomic mass is 15.1. The Kier molecular flexibility index (Phi) is 2.53. The molecule has 3 N–H and O–H groups in total. The van der Waals surface area contributed by atoms with Crippen molar-refractivity contribution < 1.29 is 0 Å². The molecule has 3 aromatic heterocycles. The van der Waals surface area contributed by atoms with E-state index in [0.717, 1.165) is 16.8 Å². The summed E-state index contributed by atoms with van der Waals surface area (Å²) in [5.74, 6) is 0.503. The van der Waals surface area contributed by atoms with Crippen LogP contribution in [-0.2, 0) is 6.54 Å². The molecule has 0 aliphatic heterocycles. The number of nitrogens with two attached hydrogens (primary N) is 1. The molecule has 3 aromatic rings. The van der Waals surface area contributed by atoms with Gasteiger partial charge < -0.3 is 10.3 Å². The molecule has 0 aromatic carbocycles. The van der Waals surface area contributed by atoms with E-state index >= 15 is 0 Å². The molecule has 0 bridgehead atoms. The Morgan fingerprint density at radius 3 is 3.06 bits per heavy atom. The minimum absolute atomic E-state index is 0.503. The molecule has 0 fully saturated rings. The van der Waals surface area contributed by atoms with Gasteiger partial charge in [0.1, 0.15) is 5.82 Å². The molecule has 0 atom stereocenters. The lowest BCUT2D eigenvalue weighted by Crippen LogP contribution is -2.00. The molecule has 6 nitrogen and oxygen atoms in total. The van der Waals surface area contributed by atoms with Crippen molar-refractivity contribution >= 4 is 5.82 Å². The van der Waals surface area contributed by atoms with Gasteiger partial charge in [0.25, 0.3) is 0 Å². The van der Waals surface area contributed by atoms with Gasteiger partial charge in [0.2, 0.25) is 0 Å². The third kappa shape index (κ3) is 1.95. The summed E-state index contributed by atoms with van der Waals surface area (Å²) in [4.78, 5) is 8.17. The minimum atomic E-state index is 0.503. The van der Waals surface area contributed by atoms with Crippen LogP contribution >= 0.6 is 0 Å². The standard InChI is InChI=1S/C12H12N6/c13-12-3-10(1-2-15-12)11-6-14-8-18(11)7-9-4-16-17-5-9/h1-6,8H,7H2,(H2,13,15)(H,16,17). The predicted octanol–water partition coefficient (Wildman–Crippen LogP) is 1.30. The molecule has 0 radical (unpaired) electrons. The molecular formula is C12H12N6. The monoisotopic (exact) mass is 240 g/mol. The fourth-order valence-electron chi connectivity index (χ4n) is 1.86. The molecular weight excluding hydrogens is 228 g/mol. The number of pyridine rings is 1. The molecule has 0 aliphatic rings. The second kappa shape index (κ2) is 4.33. The van der Waals surface area contributed by atoms with Gasteiger partial charge in [0.15, 0.2) is 0 Å². The Morgan fingerprint density at radius 1 is 1.33 bits per heavy atom. The fraction of sp³-hybridized carbons (Fsp3) is 0.0833. The molecule has 3 heterocycles. The number of anilines is 1. The van der Waals surface area contributed by atoms with Gasteiger partial charge in [-0.05, 0) is 12.1 Å². The van der Waals surface area contributed by atoms with E-state index in [1.807, 2.05) is 29.1 Å². The van der Waals surface area contributed by atoms with Crippen LogP contribution in [0.15, 0.2) is 43.2 Å². The number of aromatic nitrogens is 5. The Morgan fingerprint density at radius 2 is 2.28 bits per heavy atom. The molecule has 90 valence electrons. The molecule has 3 rings (SSSR count). The van der Waals surface area contributed by atoms with Crippen LogP contribution in [0.2, 0.25) is 0 Å². The van der Waals surface area contributed by atoms with E-state index in [1.54, 1.807) is 18.7 Å². The summed E-state index contributed by atoms with van der Waals surface area (Å²) in [6, 6.07) is 3.75. The van der Waals surface area contributed by atoms with Crippen LogP contribution in [0.3, 0.4) is 0 Å². The highest BCUT2D eigenvalue weighted by molar-refractivity contribution is 5.61. The second-order valence-corrected chi connectivity index (χ2v) is 3.98. The van der Waals surface area contributed by atoms with Crippen molar-refractivity contribution in [3.8, 4) is 11.3 Å². The van der Waals surface area contributed by atoms with Crippen molar-refractivity contribution in [3.63, 3.8) is 0 Å². The van der Waals surface area contributed by atoms with Crippen LogP contribution in [0, 0.1) is 0 Å². The van der Waals surface area contributed by atoms with E-state index in [9.17, 15) is 0 Å². The normalized spacial score (nSPS) is 10.7. The number of hydrogen-bond donors (Lipinski definition) is 2. The van der Waals surface area contributed by atoms with E-state index in [1.165, 1.54) is 0 Å². The van der Waals surface area contributed by atoms with Crippen LogP contribution in [0.25, 0.3) is 11.3 Å². The number of nitrogens with zero attached hydrogens (tertiary/aromatic N) is 4. The van der Waals surface area contributed by atoms with E-state index in [2.05, 4.69) is 20.2 Å². The van der Waals surface area contributed by atoms with Crippen LogP contribution in [0.5, 0.6) is 0 Å². The maximum absolute atomic E-state index is 5.70. The highest BCUT2D eigenvalue weighted by Gasteiger charge is 2.06. The average molecular weight is 240 g/mol. The zero-order valence-electron chi connectivity index (χ0n) is 9.61. The SMILES string of the molecule is Nc1cc(-c2cncn2Cc2cn[nH]c2)ccn1. The van der Waals surface area contributed by atoms with Gasteiger partial charge in [-0.15, -0.1) is 0 Å². The van der Waals surface area contributed by atoms with Gasteiger partial charge in [0.05, 0.1) is 31.0 Å². The number of aromatic amines is 1. The van der Waals surface area contributed by atoms with Crippen molar-refractivity contribution in [1.82, 2.24) is 24.7 Å². The first kappa shape index (κ1) is 10.5. The molecule has 0 saturated heterocycles. The second-order valence-electron chi connectivity index (χ2n) is 3.98. The number of hydrogen-bond acceptors (Lipinski definition) is 4. The van der Waals surface area contributed by atoms with E-state index in [0.29, 0.717) is 12.4 Å². The van der Waals surface area contributed by atoms with E-state index < -0.39 is 0 Å². The largest absolute Gasteiger partial charge is 0.384 e. The van der Waals surface area contributed by atoms with Crippen molar-refractivity contribution in [1.29, 1.82) is 0 Å². The average Bonchev–Trinajstić information content (AvgIpc) is 3.01. The summed E-state index contributed by atoms with van der Waals surface area (Å²) in [5, 5.41) is 6.73. The number of rotatable bonds is 3. The van der Waals surface area contributed by atoms with Gasteiger partial charge in [-0.1, -0.05) is 0 Å². The van der Waals surface area contributed by atoms with Gasteiger partial charge in [0, 0.05) is 23.5 Å². The Balaban J connectivity index is 1.96. The minimum Gasteiger partial charge on any atom is -0.384 e.